The molecule has 0 radical (unpaired) electrons. The predicted molar refractivity (Wildman–Crippen MR) is 58.6 cm³/mol. The first-order chi connectivity index (χ1) is 8.88. The summed E-state index contributed by atoms with van der Waals surface area (Å²) in [7, 11) is 0. The number of nitrogens with zero attached hydrogens (tertiary/aromatic N) is 3. The highest BCUT2D eigenvalue weighted by molar-refractivity contribution is 7.99. The first-order valence-electron chi connectivity index (χ1n) is 5.06. The second kappa shape index (κ2) is 5.27. The van der Waals surface area contributed by atoms with Gasteiger partial charge < -0.3 is 0 Å². The van der Waals surface area contributed by atoms with E-state index in [1.165, 1.54) is 0 Å². The zero-order valence-electron chi connectivity index (χ0n) is 9.22. The monoisotopic (exact) mass is 295 g/mol. The molecule has 2 rings (SSSR count). The summed E-state index contributed by atoms with van der Waals surface area (Å²) in [5.41, 5.74) is 4.11. The third-order valence-electron chi connectivity index (χ3n) is 2.33. The van der Waals surface area contributed by atoms with Crippen LogP contribution in [0, 0.1) is 10.1 Å². The van der Waals surface area contributed by atoms with E-state index in [-0.39, 0.29) is 11.7 Å². The lowest BCUT2D eigenvalue weighted by molar-refractivity contribution is -0.516. The lowest BCUT2D eigenvalue weighted by Gasteiger charge is -2.11. The van der Waals surface area contributed by atoms with Gasteiger partial charge in [0.1, 0.15) is 11.1 Å². The summed E-state index contributed by atoms with van der Waals surface area (Å²) in [6, 6.07) is -0.210. The number of hydrazine groups is 1. The number of alkyl halides is 3. The molecule has 1 fully saturated rings. The van der Waals surface area contributed by atoms with E-state index >= 15 is 0 Å². The number of aromatic nitrogens is 2. The largest absolute Gasteiger partial charge is 0.433 e. The maximum Gasteiger partial charge on any atom is 0.433 e. The molecule has 1 aliphatic heterocycles. The summed E-state index contributed by atoms with van der Waals surface area (Å²) >= 11 is 0.780. The minimum absolute atomic E-state index is 0.0869. The van der Waals surface area contributed by atoms with Gasteiger partial charge in [0.05, 0.1) is 6.54 Å². The van der Waals surface area contributed by atoms with E-state index in [4.69, 9.17) is 0 Å². The van der Waals surface area contributed by atoms with Crippen molar-refractivity contribution in [3.8, 4) is 0 Å². The SMILES string of the molecule is O=[N+]([O-])C1CNNC1Sc1nccc(C(F)(F)F)n1. The fourth-order valence-electron chi connectivity index (χ4n) is 1.43. The smallest absolute Gasteiger partial charge is 0.264 e. The van der Waals surface area contributed by atoms with Crippen LogP contribution < -0.4 is 10.9 Å². The number of halogens is 3. The summed E-state index contributed by atoms with van der Waals surface area (Å²) in [6.07, 6.45) is -3.59. The number of rotatable bonds is 3. The van der Waals surface area contributed by atoms with Gasteiger partial charge in [-0.25, -0.2) is 20.8 Å². The van der Waals surface area contributed by atoms with E-state index in [0.717, 1.165) is 24.0 Å². The third-order valence-corrected chi connectivity index (χ3v) is 3.43. The van der Waals surface area contributed by atoms with Gasteiger partial charge in [-0.15, -0.1) is 0 Å². The molecule has 0 amide bonds. The van der Waals surface area contributed by atoms with Gasteiger partial charge in [0.15, 0.2) is 5.16 Å². The van der Waals surface area contributed by atoms with Crippen LogP contribution in [0.1, 0.15) is 5.69 Å². The fourth-order valence-corrected chi connectivity index (χ4v) is 2.42. The number of thioether (sulfide) groups is 1. The Morgan fingerprint density at radius 3 is 2.89 bits per heavy atom. The summed E-state index contributed by atoms with van der Waals surface area (Å²) in [6.45, 7) is 0.0869. The van der Waals surface area contributed by atoms with Crippen LogP contribution in [0.25, 0.3) is 0 Å². The first-order valence-corrected chi connectivity index (χ1v) is 5.94. The first kappa shape index (κ1) is 14.0. The molecule has 2 unspecified atom stereocenters. The molecule has 7 nitrogen and oxygen atoms in total. The molecule has 1 aliphatic rings. The molecule has 1 aromatic rings. The van der Waals surface area contributed by atoms with Crippen LogP contribution in [-0.4, -0.2) is 32.9 Å². The Labute approximate surface area is 109 Å². The molecule has 0 aliphatic carbocycles. The quantitative estimate of drug-likeness (QED) is 0.481. The molecule has 19 heavy (non-hydrogen) atoms. The summed E-state index contributed by atoms with van der Waals surface area (Å²) in [4.78, 5) is 17.2. The van der Waals surface area contributed by atoms with Gasteiger partial charge in [-0.1, -0.05) is 11.8 Å². The van der Waals surface area contributed by atoms with Crippen LogP contribution >= 0.6 is 11.8 Å². The number of hydrogen-bond donors (Lipinski definition) is 2. The average Bonchev–Trinajstić information content (AvgIpc) is 2.76. The summed E-state index contributed by atoms with van der Waals surface area (Å²) in [5, 5.41) is 9.83. The van der Waals surface area contributed by atoms with E-state index in [1.807, 2.05) is 0 Å². The Bertz CT molecular complexity index is 486. The van der Waals surface area contributed by atoms with E-state index in [9.17, 15) is 23.3 Å². The van der Waals surface area contributed by atoms with Crippen LogP contribution in [0.5, 0.6) is 0 Å². The van der Waals surface area contributed by atoms with Gasteiger partial charge >= 0.3 is 6.18 Å². The van der Waals surface area contributed by atoms with Crippen LogP contribution in [0.3, 0.4) is 0 Å². The van der Waals surface area contributed by atoms with Gasteiger partial charge in [-0.3, -0.25) is 10.1 Å². The topological polar surface area (TPSA) is 93.0 Å². The molecule has 1 saturated heterocycles. The summed E-state index contributed by atoms with van der Waals surface area (Å²) in [5.74, 6) is 0. The molecular formula is C8H8F3N5O2S. The van der Waals surface area contributed by atoms with Crippen molar-refractivity contribution in [3.05, 3.63) is 28.1 Å². The van der Waals surface area contributed by atoms with Crippen LogP contribution in [0.15, 0.2) is 17.4 Å². The van der Waals surface area contributed by atoms with E-state index in [2.05, 4.69) is 20.8 Å². The van der Waals surface area contributed by atoms with Crippen LogP contribution in [-0.2, 0) is 6.18 Å². The highest BCUT2D eigenvalue weighted by atomic mass is 32.2. The minimum Gasteiger partial charge on any atom is -0.264 e. The molecule has 104 valence electrons. The fraction of sp³-hybridized carbons (Fsp3) is 0.500. The van der Waals surface area contributed by atoms with Crippen molar-refractivity contribution in [1.29, 1.82) is 0 Å². The summed E-state index contributed by atoms with van der Waals surface area (Å²) < 4.78 is 37.4. The average molecular weight is 295 g/mol. The molecule has 0 spiro atoms. The molecular weight excluding hydrogens is 287 g/mol. The van der Waals surface area contributed by atoms with Crippen molar-refractivity contribution in [1.82, 2.24) is 20.8 Å². The number of hydrogen-bond acceptors (Lipinski definition) is 7. The molecule has 2 N–H and O–H groups in total. The molecule has 0 saturated carbocycles. The molecule has 1 aromatic heterocycles. The maximum absolute atomic E-state index is 12.5. The Hall–Kier alpha value is -1.46. The van der Waals surface area contributed by atoms with Gasteiger partial charge in [0, 0.05) is 11.1 Å². The van der Waals surface area contributed by atoms with Crippen molar-refractivity contribution in [3.63, 3.8) is 0 Å². The Morgan fingerprint density at radius 2 is 2.26 bits per heavy atom. The van der Waals surface area contributed by atoms with Gasteiger partial charge in [-0.2, -0.15) is 13.2 Å². The molecule has 0 aromatic carbocycles. The molecule has 2 atom stereocenters. The van der Waals surface area contributed by atoms with E-state index in [0.29, 0.717) is 0 Å². The lowest BCUT2D eigenvalue weighted by Crippen LogP contribution is -2.34. The van der Waals surface area contributed by atoms with Crippen molar-refractivity contribution < 1.29 is 18.1 Å². The Balaban J connectivity index is 2.13. The van der Waals surface area contributed by atoms with Crippen molar-refractivity contribution >= 4 is 11.8 Å². The van der Waals surface area contributed by atoms with E-state index < -0.39 is 28.2 Å². The molecule has 11 heteroatoms. The maximum atomic E-state index is 12.5. The van der Waals surface area contributed by atoms with Gasteiger partial charge in [-0.05, 0) is 6.07 Å². The van der Waals surface area contributed by atoms with Gasteiger partial charge in [0.2, 0.25) is 0 Å². The predicted octanol–water partition coefficient (Wildman–Crippen LogP) is 0.667. The van der Waals surface area contributed by atoms with Crippen LogP contribution in [0.2, 0.25) is 0 Å². The Morgan fingerprint density at radius 1 is 1.53 bits per heavy atom. The Kier molecular flexibility index (Phi) is 3.87. The second-order valence-electron chi connectivity index (χ2n) is 3.64. The van der Waals surface area contributed by atoms with E-state index in [1.54, 1.807) is 0 Å². The molecule has 2 heterocycles. The highest BCUT2D eigenvalue weighted by Gasteiger charge is 2.38. The normalized spacial score (nSPS) is 23.5. The van der Waals surface area contributed by atoms with Crippen molar-refractivity contribution in [2.45, 2.75) is 22.7 Å². The standard InChI is InChI=1S/C8H8F3N5O2S/c9-8(10,11)5-1-2-12-7(14-5)19-6-4(16(17)18)3-13-15-6/h1-2,4,6,13,15H,3H2. The highest BCUT2D eigenvalue weighted by Crippen LogP contribution is 2.29. The molecule has 0 bridgehead atoms. The zero-order chi connectivity index (χ0) is 14.0. The third kappa shape index (κ3) is 3.30. The van der Waals surface area contributed by atoms with Gasteiger partial charge in [0.25, 0.3) is 6.04 Å². The van der Waals surface area contributed by atoms with Crippen molar-refractivity contribution in [2.24, 2.45) is 0 Å². The number of nitro groups is 1. The lowest BCUT2D eigenvalue weighted by atomic mass is 10.3. The number of nitrogens with one attached hydrogen (secondary N) is 2. The zero-order valence-corrected chi connectivity index (χ0v) is 10.0. The van der Waals surface area contributed by atoms with Crippen LogP contribution in [0.4, 0.5) is 13.2 Å². The minimum atomic E-state index is -4.57. The second-order valence-corrected chi connectivity index (χ2v) is 4.75. The van der Waals surface area contributed by atoms with Crippen molar-refractivity contribution in [2.75, 3.05) is 6.54 Å².